The van der Waals surface area contributed by atoms with E-state index in [1.54, 1.807) is 0 Å². The number of nitrogens with one attached hydrogen (secondary N) is 1. The van der Waals surface area contributed by atoms with E-state index in [-0.39, 0.29) is 12.1 Å². The summed E-state index contributed by atoms with van der Waals surface area (Å²) < 4.78 is 5.62. The third-order valence-electron chi connectivity index (χ3n) is 3.80. The van der Waals surface area contributed by atoms with Crippen LogP contribution in [-0.2, 0) is 4.74 Å². The zero-order valence-electron chi connectivity index (χ0n) is 11.1. The molecule has 2 aliphatic carbocycles. The van der Waals surface area contributed by atoms with Gasteiger partial charge in [-0.1, -0.05) is 0 Å². The van der Waals surface area contributed by atoms with Crippen LogP contribution in [0.15, 0.2) is 0 Å². The van der Waals surface area contributed by atoms with Gasteiger partial charge in [0.15, 0.2) is 0 Å². The van der Waals surface area contributed by atoms with E-state index >= 15 is 0 Å². The van der Waals surface area contributed by atoms with Crippen molar-refractivity contribution in [1.82, 2.24) is 5.32 Å². The molecule has 2 aliphatic rings. The monoisotopic (exact) mass is 241 g/mol. The number of ether oxygens (including phenoxy) is 1. The Morgan fingerprint density at radius 1 is 1.24 bits per heavy atom. The Labute approximate surface area is 105 Å². The molecule has 0 aromatic carbocycles. The largest absolute Gasteiger partial charge is 0.394 e. The number of aliphatic hydroxyl groups is 1. The van der Waals surface area contributed by atoms with Crippen molar-refractivity contribution in [2.24, 2.45) is 5.92 Å². The van der Waals surface area contributed by atoms with E-state index in [1.165, 1.54) is 25.7 Å². The van der Waals surface area contributed by atoms with Crippen molar-refractivity contribution in [2.75, 3.05) is 19.8 Å². The highest BCUT2D eigenvalue weighted by Crippen LogP contribution is 2.29. The molecule has 0 spiro atoms. The first-order valence-corrected chi connectivity index (χ1v) is 7.18. The average Bonchev–Trinajstić information content (AvgIpc) is 3.17. The molecule has 0 aromatic heterocycles. The Morgan fingerprint density at radius 2 is 2.00 bits per heavy atom. The number of aliphatic hydroxyl groups excluding tert-OH is 1. The Balaban J connectivity index is 1.48. The Bertz CT molecular complexity index is 226. The molecule has 100 valence electrons. The topological polar surface area (TPSA) is 41.5 Å². The second-order valence-corrected chi connectivity index (χ2v) is 6.11. The summed E-state index contributed by atoms with van der Waals surface area (Å²) in [6.07, 6.45) is 8.60. The zero-order chi connectivity index (χ0) is 12.1. The van der Waals surface area contributed by atoms with Crippen LogP contribution in [0.1, 0.15) is 51.9 Å². The fraction of sp³-hybridized carbons (Fsp3) is 1.00. The van der Waals surface area contributed by atoms with E-state index in [0.717, 1.165) is 38.4 Å². The first kappa shape index (κ1) is 13.3. The van der Waals surface area contributed by atoms with Gasteiger partial charge in [-0.25, -0.2) is 0 Å². The highest BCUT2D eigenvalue weighted by Gasteiger charge is 2.31. The maximum absolute atomic E-state index is 9.45. The van der Waals surface area contributed by atoms with Gasteiger partial charge in [0.05, 0.1) is 6.61 Å². The number of rotatable bonds is 10. The van der Waals surface area contributed by atoms with Crippen LogP contribution in [0.5, 0.6) is 0 Å². The molecule has 2 fully saturated rings. The lowest BCUT2D eigenvalue weighted by Crippen LogP contribution is -2.46. The van der Waals surface area contributed by atoms with Gasteiger partial charge in [0, 0.05) is 24.8 Å². The van der Waals surface area contributed by atoms with Crippen molar-refractivity contribution >= 4 is 0 Å². The van der Waals surface area contributed by atoms with Crippen molar-refractivity contribution in [2.45, 2.75) is 63.5 Å². The molecule has 2 rings (SSSR count). The number of unbranched alkanes of at least 4 members (excludes halogenated alkanes) is 1. The summed E-state index contributed by atoms with van der Waals surface area (Å²) in [4.78, 5) is 0. The first-order chi connectivity index (χ1) is 8.22. The van der Waals surface area contributed by atoms with Gasteiger partial charge in [0.1, 0.15) is 0 Å². The minimum Gasteiger partial charge on any atom is -0.394 e. The summed E-state index contributed by atoms with van der Waals surface area (Å²) in [6, 6.07) is 0.665. The Kier molecular flexibility index (Phi) is 4.83. The van der Waals surface area contributed by atoms with Crippen molar-refractivity contribution in [3.63, 3.8) is 0 Å². The Hall–Kier alpha value is -0.120. The maximum atomic E-state index is 9.45. The molecule has 2 N–H and O–H groups in total. The zero-order valence-corrected chi connectivity index (χ0v) is 11.1. The molecule has 3 nitrogen and oxygen atoms in total. The molecular weight excluding hydrogens is 214 g/mol. The molecule has 0 amide bonds. The van der Waals surface area contributed by atoms with Gasteiger partial charge in [-0.2, -0.15) is 0 Å². The van der Waals surface area contributed by atoms with E-state index in [9.17, 15) is 5.11 Å². The predicted molar refractivity (Wildman–Crippen MR) is 69.0 cm³/mol. The van der Waals surface area contributed by atoms with E-state index in [0.29, 0.717) is 6.04 Å². The van der Waals surface area contributed by atoms with Gasteiger partial charge in [0.2, 0.25) is 0 Å². The lowest BCUT2D eigenvalue weighted by molar-refractivity contribution is 0.113. The standard InChI is InChI=1S/C14H27NO2/c1-14(11-16,15-13-6-7-13)8-2-3-9-17-10-12-4-5-12/h12-13,15-16H,2-11H2,1H3. The molecule has 0 aromatic rings. The van der Waals surface area contributed by atoms with Gasteiger partial charge in [-0.15, -0.1) is 0 Å². The summed E-state index contributed by atoms with van der Waals surface area (Å²) in [5, 5.41) is 13.0. The van der Waals surface area contributed by atoms with Gasteiger partial charge < -0.3 is 15.2 Å². The molecule has 1 unspecified atom stereocenters. The predicted octanol–water partition coefficient (Wildman–Crippen LogP) is 2.09. The Morgan fingerprint density at radius 3 is 2.59 bits per heavy atom. The van der Waals surface area contributed by atoms with Crippen LogP contribution < -0.4 is 5.32 Å². The highest BCUT2D eigenvalue weighted by atomic mass is 16.5. The quantitative estimate of drug-likeness (QED) is 0.575. The molecule has 0 bridgehead atoms. The molecule has 1 atom stereocenters. The lowest BCUT2D eigenvalue weighted by Gasteiger charge is -2.29. The molecular formula is C14H27NO2. The van der Waals surface area contributed by atoms with Crippen molar-refractivity contribution in [3.05, 3.63) is 0 Å². The second-order valence-electron chi connectivity index (χ2n) is 6.11. The van der Waals surface area contributed by atoms with E-state index in [4.69, 9.17) is 4.74 Å². The SMILES string of the molecule is CC(CO)(CCCCOCC1CC1)NC1CC1. The van der Waals surface area contributed by atoms with Crippen LogP contribution in [0.4, 0.5) is 0 Å². The third-order valence-corrected chi connectivity index (χ3v) is 3.80. The lowest BCUT2D eigenvalue weighted by atomic mass is 9.95. The smallest absolute Gasteiger partial charge is 0.0610 e. The summed E-state index contributed by atoms with van der Waals surface area (Å²) in [5.74, 6) is 0.870. The summed E-state index contributed by atoms with van der Waals surface area (Å²) >= 11 is 0. The van der Waals surface area contributed by atoms with E-state index in [1.807, 2.05) is 0 Å². The van der Waals surface area contributed by atoms with Crippen LogP contribution in [0, 0.1) is 5.92 Å². The fourth-order valence-electron chi connectivity index (χ4n) is 2.17. The minimum absolute atomic E-state index is 0.0718. The molecule has 17 heavy (non-hydrogen) atoms. The van der Waals surface area contributed by atoms with Crippen molar-refractivity contribution in [1.29, 1.82) is 0 Å². The van der Waals surface area contributed by atoms with Crippen molar-refractivity contribution in [3.8, 4) is 0 Å². The first-order valence-electron chi connectivity index (χ1n) is 7.18. The van der Waals surface area contributed by atoms with Gasteiger partial charge in [-0.05, 0) is 57.8 Å². The summed E-state index contributed by atoms with van der Waals surface area (Å²) in [6.45, 7) is 4.24. The average molecular weight is 241 g/mol. The van der Waals surface area contributed by atoms with E-state index in [2.05, 4.69) is 12.2 Å². The highest BCUT2D eigenvalue weighted by molar-refractivity contribution is 4.92. The molecule has 0 heterocycles. The van der Waals surface area contributed by atoms with Crippen LogP contribution in [0.25, 0.3) is 0 Å². The number of hydrogen-bond donors (Lipinski definition) is 2. The third kappa shape index (κ3) is 5.36. The van der Waals surface area contributed by atoms with Gasteiger partial charge >= 0.3 is 0 Å². The molecule has 3 heteroatoms. The van der Waals surface area contributed by atoms with Crippen LogP contribution in [-0.4, -0.2) is 36.5 Å². The second kappa shape index (κ2) is 6.17. The summed E-state index contributed by atoms with van der Waals surface area (Å²) in [5.41, 5.74) is -0.0718. The van der Waals surface area contributed by atoms with Crippen molar-refractivity contribution < 1.29 is 9.84 Å². The number of hydrogen-bond acceptors (Lipinski definition) is 3. The van der Waals surface area contributed by atoms with Crippen LogP contribution >= 0.6 is 0 Å². The molecule has 2 saturated carbocycles. The van der Waals surface area contributed by atoms with Crippen LogP contribution in [0.3, 0.4) is 0 Å². The fourth-order valence-corrected chi connectivity index (χ4v) is 2.17. The molecule has 0 saturated heterocycles. The normalized spacial score (nSPS) is 23.6. The maximum Gasteiger partial charge on any atom is 0.0610 e. The minimum atomic E-state index is -0.0718. The van der Waals surface area contributed by atoms with Gasteiger partial charge in [0.25, 0.3) is 0 Å². The summed E-state index contributed by atoms with van der Waals surface area (Å²) in [7, 11) is 0. The van der Waals surface area contributed by atoms with Crippen LogP contribution in [0.2, 0.25) is 0 Å². The van der Waals surface area contributed by atoms with E-state index < -0.39 is 0 Å². The molecule has 0 aliphatic heterocycles. The molecule has 0 radical (unpaired) electrons. The van der Waals surface area contributed by atoms with Gasteiger partial charge in [-0.3, -0.25) is 0 Å².